The van der Waals surface area contributed by atoms with Gasteiger partial charge in [-0.15, -0.1) is 0 Å². The average molecular weight is 417 g/mol. The van der Waals surface area contributed by atoms with Crippen molar-refractivity contribution in [1.82, 2.24) is 10.2 Å². The third-order valence-corrected chi connectivity index (χ3v) is 8.28. The number of amides is 3. The molecule has 0 aromatic rings. The molecule has 3 amide bonds. The Labute approximate surface area is 177 Å². The molecule has 30 heavy (non-hydrogen) atoms. The molecule has 0 aromatic heterocycles. The number of ether oxygens (including phenoxy) is 1. The second-order valence-corrected chi connectivity index (χ2v) is 10.5. The SMILES string of the molecule is O=C(COC(=O)CCN1C(=O)[C@H]2CCCC[C@H]2C1=O)NC12CC3CC(CC(C3)C1)C2. The van der Waals surface area contributed by atoms with Crippen LogP contribution in [0.5, 0.6) is 0 Å². The topological polar surface area (TPSA) is 92.8 Å². The lowest BCUT2D eigenvalue weighted by Gasteiger charge is -2.56. The second kappa shape index (κ2) is 7.65. The molecule has 7 nitrogen and oxygen atoms in total. The third kappa shape index (κ3) is 3.65. The van der Waals surface area contributed by atoms with Crippen LogP contribution in [0.4, 0.5) is 0 Å². The van der Waals surface area contributed by atoms with Crippen molar-refractivity contribution in [1.29, 1.82) is 0 Å². The van der Waals surface area contributed by atoms with Gasteiger partial charge >= 0.3 is 5.97 Å². The van der Waals surface area contributed by atoms with E-state index in [4.69, 9.17) is 4.74 Å². The van der Waals surface area contributed by atoms with Crippen molar-refractivity contribution in [2.75, 3.05) is 13.2 Å². The number of imide groups is 1. The molecule has 5 aliphatic carbocycles. The van der Waals surface area contributed by atoms with E-state index in [0.717, 1.165) is 62.7 Å². The Hall–Kier alpha value is -1.92. The number of esters is 1. The minimum Gasteiger partial charge on any atom is -0.456 e. The maximum Gasteiger partial charge on any atom is 0.308 e. The van der Waals surface area contributed by atoms with Crippen molar-refractivity contribution in [2.45, 2.75) is 76.2 Å². The lowest BCUT2D eigenvalue weighted by molar-refractivity contribution is -0.151. The van der Waals surface area contributed by atoms with Crippen LogP contribution in [0.25, 0.3) is 0 Å². The predicted octanol–water partition coefficient (Wildman–Crippen LogP) is 2.18. The maximum atomic E-state index is 12.5. The summed E-state index contributed by atoms with van der Waals surface area (Å²) in [5, 5.41) is 3.19. The average Bonchev–Trinajstić information content (AvgIpc) is 2.94. The number of nitrogens with one attached hydrogen (secondary N) is 1. The summed E-state index contributed by atoms with van der Waals surface area (Å²) in [4.78, 5) is 50.8. The second-order valence-electron chi connectivity index (χ2n) is 10.5. The summed E-state index contributed by atoms with van der Waals surface area (Å²) in [6, 6.07) is 0. The molecular weight excluding hydrogens is 384 g/mol. The van der Waals surface area contributed by atoms with Gasteiger partial charge in [-0.25, -0.2) is 0 Å². The first-order valence-electron chi connectivity index (χ1n) is 11.7. The molecule has 6 rings (SSSR count). The van der Waals surface area contributed by atoms with Gasteiger partial charge in [0.05, 0.1) is 18.3 Å². The summed E-state index contributed by atoms with van der Waals surface area (Å²) in [5.41, 5.74) is -0.0943. The highest BCUT2D eigenvalue weighted by Gasteiger charge is 2.51. The number of hydrogen-bond acceptors (Lipinski definition) is 5. The van der Waals surface area contributed by atoms with Crippen LogP contribution in [0.15, 0.2) is 0 Å². The molecule has 6 aliphatic rings. The van der Waals surface area contributed by atoms with Crippen LogP contribution < -0.4 is 5.32 Å². The van der Waals surface area contributed by atoms with E-state index in [1.807, 2.05) is 0 Å². The Balaban J connectivity index is 1.07. The van der Waals surface area contributed by atoms with Crippen LogP contribution in [0.3, 0.4) is 0 Å². The highest BCUT2D eigenvalue weighted by atomic mass is 16.5. The fourth-order valence-corrected chi connectivity index (χ4v) is 7.47. The number of likely N-dealkylation sites (tertiary alicyclic amines) is 1. The Morgan fingerprint density at radius 2 is 1.47 bits per heavy atom. The van der Waals surface area contributed by atoms with Gasteiger partial charge in [0, 0.05) is 12.1 Å². The third-order valence-electron chi connectivity index (χ3n) is 8.28. The minimum absolute atomic E-state index is 0.0540. The monoisotopic (exact) mass is 416 g/mol. The first-order valence-corrected chi connectivity index (χ1v) is 11.7. The van der Waals surface area contributed by atoms with E-state index in [0.29, 0.717) is 0 Å². The molecule has 1 N–H and O–H groups in total. The summed E-state index contributed by atoms with van der Waals surface area (Å²) in [6.45, 7) is -0.228. The van der Waals surface area contributed by atoms with Gasteiger partial charge in [0.1, 0.15) is 0 Å². The molecule has 2 atom stereocenters. The van der Waals surface area contributed by atoms with Gasteiger partial charge in [-0.2, -0.15) is 0 Å². The van der Waals surface area contributed by atoms with E-state index in [1.165, 1.54) is 24.2 Å². The van der Waals surface area contributed by atoms with Crippen molar-refractivity contribution in [3.63, 3.8) is 0 Å². The molecule has 0 unspecified atom stereocenters. The van der Waals surface area contributed by atoms with Crippen molar-refractivity contribution in [2.24, 2.45) is 29.6 Å². The normalized spacial score (nSPS) is 39.2. The number of nitrogens with zero attached hydrogens (tertiary/aromatic N) is 1. The molecule has 1 aliphatic heterocycles. The van der Waals surface area contributed by atoms with Crippen molar-refractivity contribution >= 4 is 23.7 Å². The number of fused-ring (bicyclic) bond motifs is 1. The summed E-state index contributed by atoms with van der Waals surface area (Å²) >= 11 is 0. The Morgan fingerprint density at radius 3 is 2.00 bits per heavy atom. The zero-order chi connectivity index (χ0) is 20.9. The zero-order valence-electron chi connectivity index (χ0n) is 17.6. The van der Waals surface area contributed by atoms with E-state index < -0.39 is 5.97 Å². The van der Waals surface area contributed by atoms with E-state index in [2.05, 4.69) is 5.32 Å². The quantitative estimate of drug-likeness (QED) is 0.529. The molecule has 5 saturated carbocycles. The summed E-state index contributed by atoms with van der Waals surface area (Å²) in [7, 11) is 0. The van der Waals surface area contributed by atoms with E-state index in [9.17, 15) is 19.2 Å². The van der Waals surface area contributed by atoms with E-state index >= 15 is 0 Å². The number of carbonyl (C=O) groups is 4. The molecule has 164 valence electrons. The predicted molar refractivity (Wildman–Crippen MR) is 107 cm³/mol. The number of rotatable bonds is 6. The van der Waals surface area contributed by atoms with Crippen molar-refractivity contribution < 1.29 is 23.9 Å². The van der Waals surface area contributed by atoms with Gasteiger partial charge in [-0.05, 0) is 69.1 Å². The van der Waals surface area contributed by atoms with Gasteiger partial charge in [0.15, 0.2) is 6.61 Å². The van der Waals surface area contributed by atoms with E-state index in [1.54, 1.807) is 0 Å². The summed E-state index contributed by atoms with van der Waals surface area (Å²) < 4.78 is 5.17. The highest BCUT2D eigenvalue weighted by molar-refractivity contribution is 6.05. The van der Waals surface area contributed by atoms with Crippen molar-refractivity contribution in [3.8, 4) is 0 Å². The van der Waals surface area contributed by atoms with Crippen LogP contribution in [0.2, 0.25) is 0 Å². The lowest BCUT2D eigenvalue weighted by atomic mass is 9.53. The molecule has 4 bridgehead atoms. The Kier molecular flexibility index (Phi) is 5.10. The Morgan fingerprint density at radius 1 is 0.933 bits per heavy atom. The van der Waals surface area contributed by atoms with E-state index in [-0.39, 0.29) is 54.7 Å². The number of hydrogen-bond donors (Lipinski definition) is 1. The molecular formula is C23H32N2O5. The molecule has 7 heteroatoms. The lowest BCUT2D eigenvalue weighted by Crippen LogP contribution is -2.60. The molecule has 1 saturated heterocycles. The van der Waals surface area contributed by atoms with Crippen LogP contribution in [-0.2, 0) is 23.9 Å². The molecule has 1 heterocycles. The summed E-state index contributed by atoms with van der Waals surface area (Å²) in [6.07, 6.45) is 10.5. The van der Waals surface area contributed by atoms with Gasteiger partial charge in [-0.1, -0.05) is 12.8 Å². The highest BCUT2D eigenvalue weighted by Crippen LogP contribution is 2.55. The summed E-state index contributed by atoms with van der Waals surface area (Å²) in [5.74, 6) is 0.751. The largest absolute Gasteiger partial charge is 0.456 e. The van der Waals surface area contributed by atoms with Gasteiger partial charge < -0.3 is 10.1 Å². The molecule has 6 fully saturated rings. The maximum absolute atomic E-state index is 12.5. The smallest absolute Gasteiger partial charge is 0.308 e. The zero-order valence-corrected chi connectivity index (χ0v) is 17.6. The number of carbonyl (C=O) groups excluding carboxylic acids is 4. The first kappa shape index (κ1) is 20.0. The van der Waals surface area contributed by atoms with Crippen LogP contribution in [0, 0.1) is 29.6 Å². The minimum atomic E-state index is -0.536. The fourth-order valence-electron chi connectivity index (χ4n) is 7.47. The standard InChI is InChI=1S/C23H32N2O5/c26-19(24-23-10-14-7-15(11-23)9-16(8-14)12-23)13-30-20(27)5-6-25-21(28)17-3-1-2-4-18(17)22(25)29/h14-18H,1-13H2,(H,24,26)/t14?,15?,16?,17-,18+,23?. The first-order chi connectivity index (χ1) is 14.4. The Bertz CT molecular complexity index is 703. The van der Waals surface area contributed by atoms with Crippen LogP contribution >= 0.6 is 0 Å². The van der Waals surface area contributed by atoms with Gasteiger partial charge in [-0.3, -0.25) is 24.1 Å². The van der Waals surface area contributed by atoms with Gasteiger partial charge in [0.2, 0.25) is 11.8 Å². The molecule has 0 aromatic carbocycles. The molecule has 0 radical (unpaired) electrons. The molecule has 0 spiro atoms. The van der Waals surface area contributed by atoms with Crippen LogP contribution in [0.1, 0.15) is 70.6 Å². The van der Waals surface area contributed by atoms with Crippen molar-refractivity contribution in [3.05, 3.63) is 0 Å². The fraction of sp³-hybridized carbons (Fsp3) is 0.826. The van der Waals surface area contributed by atoms with Gasteiger partial charge in [0.25, 0.3) is 5.91 Å². The van der Waals surface area contributed by atoms with Crippen LogP contribution in [-0.4, -0.2) is 47.3 Å².